The van der Waals surface area contributed by atoms with Crippen molar-refractivity contribution in [1.82, 2.24) is 9.80 Å². The molecular weight excluding hydrogens is 242 g/mol. The Kier molecular flexibility index (Phi) is 8.02. The first-order valence-corrected chi connectivity index (χ1v) is 7.36. The zero-order valence-electron chi connectivity index (χ0n) is 12.4. The molecular formula is C14H29N3O2. The van der Waals surface area contributed by atoms with Crippen molar-refractivity contribution in [2.45, 2.75) is 26.2 Å². The first-order valence-electron chi connectivity index (χ1n) is 7.36. The van der Waals surface area contributed by atoms with Crippen LogP contribution >= 0.6 is 0 Å². The number of methoxy groups -OCH3 is 1. The molecule has 19 heavy (non-hydrogen) atoms. The second-order valence-electron chi connectivity index (χ2n) is 5.48. The molecule has 1 aliphatic heterocycles. The molecule has 1 unspecified atom stereocenters. The molecule has 0 spiro atoms. The van der Waals surface area contributed by atoms with Crippen molar-refractivity contribution in [2.75, 3.05) is 53.0 Å². The number of nitrogens with zero attached hydrogens (tertiary/aromatic N) is 2. The third-order valence-corrected chi connectivity index (χ3v) is 3.59. The molecule has 1 heterocycles. The van der Waals surface area contributed by atoms with Gasteiger partial charge in [-0.15, -0.1) is 0 Å². The van der Waals surface area contributed by atoms with Gasteiger partial charge in [-0.25, -0.2) is 0 Å². The minimum Gasteiger partial charge on any atom is -0.384 e. The first kappa shape index (κ1) is 16.4. The Balaban J connectivity index is 2.33. The van der Waals surface area contributed by atoms with E-state index in [9.17, 15) is 4.79 Å². The summed E-state index contributed by atoms with van der Waals surface area (Å²) in [5.74, 6) is 0.569. The molecule has 1 fully saturated rings. The van der Waals surface area contributed by atoms with E-state index < -0.39 is 0 Å². The van der Waals surface area contributed by atoms with E-state index in [1.54, 1.807) is 7.11 Å². The SMILES string of the molecule is COCC(C)CC(=O)N1CCCN(CCCN)CC1. The largest absolute Gasteiger partial charge is 0.384 e. The lowest BCUT2D eigenvalue weighted by Gasteiger charge is -2.23. The summed E-state index contributed by atoms with van der Waals surface area (Å²) in [6.07, 6.45) is 2.70. The third kappa shape index (κ3) is 6.36. The predicted octanol–water partition coefficient (Wildman–Crippen LogP) is 0.542. The van der Waals surface area contributed by atoms with Crippen LogP contribution in [0.3, 0.4) is 0 Å². The fourth-order valence-corrected chi connectivity index (χ4v) is 2.53. The minimum absolute atomic E-state index is 0.269. The molecule has 5 heteroatoms. The number of carbonyl (C=O) groups excluding carboxylic acids is 1. The molecule has 0 aromatic carbocycles. The van der Waals surface area contributed by atoms with Gasteiger partial charge in [0.2, 0.25) is 5.91 Å². The van der Waals surface area contributed by atoms with Crippen molar-refractivity contribution < 1.29 is 9.53 Å². The summed E-state index contributed by atoms with van der Waals surface area (Å²) in [6.45, 7) is 8.31. The van der Waals surface area contributed by atoms with Crippen LogP contribution in [0.5, 0.6) is 0 Å². The molecule has 0 saturated carbocycles. The Morgan fingerprint density at radius 1 is 1.32 bits per heavy atom. The van der Waals surface area contributed by atoms with Gasteiger partial charge in [-0.1, -0.05) is 6.92 Å². The highest BCUT2D eigenvalue weighted by Gasteiger charge is 2.20. The molecule has 1 amide bonds. The summed E-state index contributed by atoms with van der Waals surface area (Å²) in [5, 5.41) is 0. The maximum absolute atomic E-state index is 12.2. The molecule has 1 aliphatic rings. The van der Waals surface area contributed by atoms with E-state index in [4.69, 9.17) is 10.5 Å². The van der Waals surface area contributed by atoms with Crippen LogP contribution in [0.4, 0.5) is 0 Å². The number of amides is 1. The summed E-state index contributed by atoms with van der Waals surface area (Å²) >= 11 is 0. The lowest BCUT2D eigenvalue weighted by Crippen LogP contribution is -2.36. The lowest BCUT2D eigenvalue weighted by molar-refractivity contribution is -0.132. The van der Waals surface area contributed by atoms with Gasteiger partial charge in [0.25, 0.3) is 0 Å². The van der Waals surface area contributed by atoms with Crippen molar-refractivity contribution in [3.63, 3.8) is 0 Å². The van der Waals surface area contributed by atoms with Crippen molar-refractivity contribution >= 4 is 5.91 Å². The quantitative estimate of drug-likeness (QED) is 0.734. The summed E-state index contributed by atoms with van der Waals surface area (Å²) < 4.78 is 5.09. The number of hydrogen-bond donors (Lipinski definition) is 1. The highest BCUT2D eigenvalue weighted by molar-refractivity contribution is 5.76. The van der Waals surface area contributed by atoms with E-state index in [0.29, 0.717) is 18.9 Å². The van der Waals surface area contributed by atoms with Gasteiger partial charge < -0.3 is 20.3 Å². The normalized spacial score (nSPS) is 19.2. The van der Waals surface area contributed by atoms with Gasteiger partial charge in [0.15, 0.2) is 0 Å². The average Bonchev–Trinajstić information content (AvgIpc) is 2.62. The van der Waals surface area contributed by atoms with Crippen LogP contribution in [0.25, 0.3) is 0 Å². The Labute approximate surface area is 117 Å². The second-order valence-corrected chi connectivity index (χ2v) is 5.48. The fourth-order valence-electron chi connectivity index (χ4n) is 2.53. The van der Waals surface area contributed by atoms with Gasteiger partial charge in [-0.3, -0.25) is 4.79 Å². The maximum Gasteiger partial charge on any atom is 0.222 e. The molecule has 1 rings (SSSR count). The van der Waals surface area contributed by atoms with Gasteiger partial charge in [0, 0.05) is 39.8 Å². The number of rotatable bonds is 7. The number of nitrogens with two attached hydrogens (primary N) is 1. The van der Waals surface area contributed by atoms with Gasteiger partial charge in [0.1, 0.15) is 0 Å². The van der Waals surface area contributed by atoms with E-state index in [1.807, 2.05) is 4.90 Å². The average molecular weight is 271 g/mol. The van der Waals surface area contributed by atoms with Crippen LogP contribution in [0.2, 0.25) is 0 Å². The molecule has 0 bridgehead atoms. The third-order valence-electron chi connectivity index (χ3n) is 3.59. The Bertz CT molecular complexity index is 261. The van der Waals surface area contributed by atoms with Gasteiger partial charge in [-0.05, 0) is 38.4 Å². The zero-order chi connectivity index (χ0) is 14.1. The highest BCUT2D eigenvalue weighted by atomic mass is 16.5. The van der Waals surface area contributed by atoms with Crippen LogP contribution in [0.1, 0.15) is 26.2 Å². The molecule has 0 radical (unpaired) electrons. The molecule has 0 aromatic rings. The maximum atomic E-state index is 12.2. The number of carbonyl (C=O) groups is 1. The lowest BCUT2D eigenvalue weighted by atomic mass is 10.1. The molecule has 1 saturated heterocycles. The minimum atomic E-state index is 0.269. The Morgan fingerprint density at radius 3 is 2.79 bits per heavy atom. The van der Waals surface area contributed by atoms with Crippen LogP contribution in [0.15, 0.2) is 0 Å². The predicted molar refractivity (Wildman–Crippen MR) is 77.0 cm³/mol. The topological polar surface area (TPSA) is 58.8 Å². The summed E-state index contributed by atoms with van der Waals surface area (Å²) in [6, 6.07) is 0. The van der Waals surface area contributed by atoms with Gasteiger partial charge in [0.05, 0.1) is 0 Å². The van der Waals surface area contributed by atoms with Crippen LogP contribution in [0, 0.1) is 5.92 Å². The van der Waals surface area contributed by atoms with Crippen molar-refractivity contribution in [3.8, 4) is 0 Å². The van der Waals surface area contributed by atoms with Gasteiger partial charge >= 0.3 is 0 Å². The first-order chi connectivity index (χ1) is 9.17. The van der Waals surface area contributed by atoms with Crippen molar-refractivity contribution in [2.24, 2.45) is 11.7 Å². The second kappa shape index (κ2) is 9.28. The molecule has 0 aromatic heterocycles. The molecule has 5 nitrogen and oxygen atoms in total. The van der Waals surface area contributed by atoms with Crippen molar-refractivity contribution in [3.05, 3.63) is 0 Å². The standard InChI is InChI=1S/C14H29N3O2/c1-13(12-19-2)11-14(18)17-8-4-7-16(9-10-17)6-3-5-15/h13H,3-12,15H2,1-2H3. The van der Waals surface area contributed by atoms with Crippen LogP contribution in [-0.4, -0.2) is 68.7 Å². The van der Waals surface area contributed by atoms with E-state index in [2.05, 4.69) is 11.8 Å². The Hall–Kier alpha value is -0.650. The van der Waals surface area contributed by atoms with E-state index >= 15 is 0 Å². The zero-order valence-corrected chi connectivity index (χ0v) is 12.4. The fraction of sp³-hybridized carbons (Fsp3) is 0.929. The number of hydrogen-bond acceptors (Lipinski definition) is 4. The highest BCUT2D eigenvalue weighted by Crippen LogP contribution is 2.09. The number of ether oxygens (including phenoxy) is 1. The van der Waals surface area contributed by atoms with Crippen molar-refractivity contribution in [1.29, 1.82) is 0 Å². The summed E-state index contributed by atoms with van der Waals surface area (Å²) in [4.78, 5) is 16.6. The summed E-state index contributed by atoms with van der Waals surface area (Å²) in [5.41, 5.74) is 5.54. The smallest absolute Gasteiger partial charge is 0.222 e. The van der Waals surface area contributed by atoms with Gasteiger partial charge in [-0.2, -0.15) is 0 Å². The Morgan fingerprint density at radius 2 is 2.11 bits per heavy atom. The molecule has 0 aliphatic carbocycles. The monoisotopic (exact) mass is 271 g/mol. The molecule has 2 N–H and O–H groups in total. The summed E-state index contributed by atoms with van der Waals surface area (Å²) in [7, 11) is 1.68. The molecule has 112 valence electrons. The van der Waals surface area contributed by atoms with E-state index in [0.717, 1.165) is 52.1 Å². The van der Waals surface area contributed by atoms with E-state index in [1.165, 1.54) is 0 Å². The van der Waals surface area contributed by atoms with Crippen LogP contribution < -0.4 is 5.73 Å². The van der Waals surface area contributed by atoms with E-state index in [-0.39, 0.29) is 5.91 Å². The molecule has 1 atom stereocenters. The van der Waals surface area contributed by atoms with Crippen LogP contribution in [-0.2, 0) is 9.53 Å².